The first kappa shape index (κ1) is 22.8. The average molecular weight is 459 g/mol. The summed E-state index contributed by atoms with van der Waals surface area (Å²) in [6, 6.07) is 16.7. The van der Waals surface area contributed by atoms with Crippen LogP contribution in [-0.4, -0.2) is 40.6 Å². The van der Waals surface area contributed by atoms with Crippen molar-refractivity contribution in [1.82, 2.24) is 15.0 Å². The molecule has 1 aromatic heterocycles. The summed E-state index contributed by atoms with van der Waals surface area (Å²) in [6.45, 7) is 9.67. The summed E-state index contributed by atoms with van der Waals surface area (Å²) in [7, 11) is 0. The maximum absolute atomic E-state index is 13.4. The van der Waals surface area contributed by atoms with Gasteiger partial charge in [0.1, 0.15) is 0 Å². The van der Waals surface area contributed by atoms with Gasteiger partial charge in [0.25, 0.3) is 0 Å². The first-order valence-corrected chi connectivity index (χ1v) is 12.4. The normalized spacial score (nSPS) is 19.1. The smallest absolute Gasteiger partial charge is 0.241 e. The number of benzene rings is 2. The molecular formula is C28H34N4O2. The van der Waals surface area contributed by atoms with Crippen molar-refractivity contribution in [2.24, 2.45) is 5.92 Å². The zero-order valence-corrected chi connectivity index (χ0v) is 20.5. The van der Waals surface area contributed by atoms with Crippen molar-refractivity contribution in [2.45, 2.75) is 58.4 Å². The molecule has 1 unspecified atom stereocenters. The summed E-state index contributed by atoms with van der Waals surface area (Å²) in [5.41, 5.74) is 4.72. The number of para-hydroxylation sites is 1. The molecule has 0 bridgehead atoms. The lowest BCUT2D eigenvalue weighted by atomic mass is 9.87. The van der Waals surface area contributed by atoms with Crippen LogP contribution in [0, 0.1) is 5.92 Å². The SMILES string of the molecule is CC(C)(C)c1ccc(-c2noc(CN3CCCC(C(=O)N4CCCc5ccccc54)C3)n2)cc1. The van der Waals surface area contributed by atoms with Crippen molar-refractivity contribution in [3.63, 3.8) is 0 Å². The molecule has 0 radical (unpaired) electrons. The number of aryl methyl sites for hydroxylation is 1. The fourth-order valence-corrected chi connectivity index (χ4v) is 5.13. The highest BCUT2D eigenvalue weighted by atomic mass is 16.5. The van der Waals surface area contributed by atoms with E-state index in [1.807, 2.05) is 11.0 Å². The molecule has 6 heteroatoms. The van der Waals surface area contributed by atoms with E-state index in [-0.39, 0.29) is 17.2 Å². The van der Waals surface area contributed by atoms with Crippen LogP contribution in [0.25, 0.3) is 11.4 Å². The maximum Gasteiger partial charge on any atom is 0.241 e. The lowest BCUT2D eigenvalue weighted by Gasteiger charge is -2.36. The van der Waals surface area contributed by atoms with Crippen molar-refractivity contribution in [1.29, 1.82) is 0 Å². The standard InChI is InChI=1S/C28H34N4O2/c1-28(2,3)23-14-12-21(13-15-23)26-29-25(34-30-26)19-31-16-6-10-22(18-31)27(33)32-17-7-9-20-8-4-5-11-24(20)32/h4-5,8,11-15,22H,6-7,9-10,16-19H2,1-3H3. The zero-order valence-electron chi connectivity index (χ0n) is 20.5. The number of amides is 1. The molecule has 1 atom stereocenters. The van der Waals surface area contributed by atoms with E-state index in [2.05, 4.69) is 78.3 Å². The third-order valence-electron chi connectivity index (χ3n) is 7.07. The molecule has 5 rings (SSSR count). The van der Waals surface area contributed by atoms with Crippen LogP contribution in [0.3, 0.4) is 0 Å². The molecule has 1 amide bonds. The van der Waals surface area contributed by atoms with Gasteiger partial charge in [0.15, 0.2) is 0 Å². The number of hydrogen-bond donors (Lipinski definition) is 0. The molecule has 0 saturated carbocycles. The summed E-state index contributed by atoms with van der Waals surface area (Å²) in [4.78, 5) is 22.4. The third kappa shape index (κ3) is 4.78. The van der Waals surface area contributed by atoms with Crippen LogP contribution in [0.2, 0.25) is 0 Å². The zero-order chi connectivity index (χ0) is 23.7. The topological polar surface area (TPSA) is 62.5 Å². The van der Waals surface area contributed by atoms with Crippen LogP contribution in [0.1, 0.15) is 57.1 Å². The Bertz CT molecular complexity index is 1150. The van der Waals surface area contributed by atoms with E-state index in [0.717, 1.165) is 56.6 Å². The van der Waals surface area contributed by atoms with Gasteiger partial charge in [0.2, 0.25) is 17.6 Å². The number of nitrogens with zero attached hydrogens (tertiary/aromatic N) is 4. The van der Waals surface area contributed by atoms with E-state index in [4.69, 9.17) is 4.52 Å². The van der Waals surface area contributed by atoms with Gasteiger partial charge in [-0.25, -0.2) is 0 Å². The fraction of sp³-hybridized carbons (Fsp3) is 0.464. The second-order valence-electron chi connectivity index (χ2n) is 10.6. The van der Waals surface area contributed by atoms with E-state index in [9.17, 15) is 4.79 Å². The molecule has 1 fully saturated rings. The van der Waals surface area contributed by atoms with E-state index in [0.29, 0.717) is 18.3 Å². The number of carbonyl (C=O) groups is 1. The molecule has 1 saturated heterocycles. The van der Waals surface area contributed by atoms with Gasteiger partial charge < -0.3 is 9.42 Å². The highest BCUT2D eigenvalue weighted by Gasteiger charge is 2.32. The van der Waals surface area contributed by atoms with Gasteiger partial charge in [-0.2, -0.15) is 4.98 Å². The molecule has 0 N–H and O–H groups in total. The van der Waals surface area contributed by atoms with Crippen LogP contribution in [0.4, 0.5) is 5.69 Å². The molecule has 3 aromatic rings. The van der Waals surface area contributed by atoms with Gasteiger partial charge in [-0.15, -0.1) is 0 Å². The van der Waals surface area contributed by atoms with Gasteiger partial charge in [0.05, 0.1) is 12.5 Å². The summed E-state index contributed by atoms with van der Waals surface area (Å²) in [5.74, 6) is 1.48. The van der Waals surface area contributed by atoms with Crippen molar-refractivity contribution in [2.75, 3.05) is 24.5 Å². The molecular weight excluding hydrogens is 424 g/mol. The first-order valence-electron chi connectivity index (χ1n) is 12.4. The molecule has 0 spiro atoms. The molecule has 0 aliphatic carbocycles. The van der Waals surface area contributed by atoms with Crippen LogP contribution in [0.15, 0.2) is 53.1 Å². The van der Waals surface area contributed by atoms with Crippen LogP contribution >= 0.6 is 0 Å². The second-order valence-corrected chi connectivity index (χ2v) is 10.6. The Morgan fingerprint density at radius 3 is 2.65 bits per heavy atom. The van der Waals surface area contributed by atoms with Crippen molar-refractivity contribution in [3.05, 3.63) is 65.5 Å². The monoisotopic (exact) mass is 458 g/mol. The molecule has 2 aliphatic rings. The Kier molecular flexibility index (Phi) is 6.26. The van der Waals surface area contributed by atoms with Crippen LogP contribution in [-0.2, 0) is 23.2 Å². The predicted molar refractivity (Wildman–Crippen MR) is 134 cm³/mol. The first-order chi connectivity index (χ1) is 16.4. The van der Waals surface area contributed by atoms with Crippen molar-refractivity contribution in [3.8, 4) is 11.4 Å². The van der Waals surface area contributed by atoms with Crippen LogP contribution in [0.5, 0.6) is 0 Å². The average Bonchev–Trinajstić information content (AvgIpc) is 3.31. The minimum Gasteiger partial charge on any atom is -0.338 e. The number of fused-ring (bicyclic) bond motifs is 1. The number of piperidine rings is 1. The van der Waals surface area contributed by atoms with E-state index >= 15 is 0 Å². The Labute approximate surface area is 202 Å². The van der Waals surface area contributed by atoms with E-state index < -0.39 is 0 Å². The molecule has 3 heterocycles. The van der Waals surface area contributed by atoms with E-state index in [1.165, 1.54) is 11.1 Å². The lowest BCUT2D eigenvalue weighted by Crippen LogP contribution is -2.46. The van der Waals surface area contributed by atoms with Crippen molar-refractivity contribution >= 4 is 11.6 Å². The van der Waals surface area contributed by atoms with Gasteiger partial charge in [-0.05, 0) is 54.8 Å². The molecule has 2 aromatic carbocycles. The number of anilines is 1. The van der Waals surface area contributed by atoms with Crippen LogP contribution < -0.4 is 4.90 Å². The largest absolute Gasteiger partial charge is 0.338 e. The number of rotatable bonds is 4. The highest BCUT2D eigenvalue weighted by molar-refractivity contribution is 5.96. The highest BCUT2D eigenvalue weighted by Crippen LogP contribution is 2.30. The minimum atomic E-state index is 0.00670. The Hall–Kier alpha value is -2.99. The Morgan fingerprint density at radius 1 is 1.06 bits per heavy atom. The molecule has 178 valence electrons. The molecule has 34 heavy (non-hydrogen) atoms. The number of hydrogen-bond acceptors (Lipinski definition) is 5. The van der Waals surface area contributed by atoms with Crippen molar-refractivity contribution < 1.29 is 9.32 Å². The quantitative estimate of drug-likeness (QED) is 0.536. The number of aromatic nitrogens is 2. The van der Waals surface area contributed by atoms with Gasteiger partial charge >= 0.3 is 0 Å². The summed E-state index contributed by atoms with van der Waals surface area (Å²) in [5, 5.41) is 4.21. The third-order valence-corrected chi connectivity index (χ3v) is 7.07. The number of likely N-dealkylation sites (tertiary alicyclic amines) is 1. The summed E-state index contributed by atoms with van der Waals surface area (Å²) < 4.78 is 5.58. The maximum atomic E-state index is 13.4. The second kappa shape index (κ2) is 9.34. The number of carbonyl (C=O) groups excluding carboxylic acids is 1. The lowest BCUT2D eigenvalue weighted by molar-refractivity contribution is -0.124. The molecule has 6 nitrogen and oxygen atoms in total. The Morgan fingerprint density at radius 2 is 1.85 bits per heavy atom. The predicted octanol–water partition coefficient (Wildman–Crippen LogP) is 5.23. The van der Waals surface area contributed by atoms with E-state index in [1.54, 1.807) is 0 Å². The minimum absolute atomic E-state index is 0.00670. The summed E-state index contributed by atoms with van der Waals surface area (Å²) in [6.07, 6.45) is 4.01. The fourth-order valence-electron chi connectivity index (χ4n) is 5.13. The Balaban J connectivity index is 1.24. The van der Waals surface area contributed by atoms with Gasteiger partial charge in [-0.1, -0.05) is 68.4 Å². The summed E-state index contributed by atoms with van der Waals surface area (Å²) >= 11 is 0. The molecule has 2 aliphatic heterocycles. The van der Waals surface area contributed by atoms with Gasteiger partial charge in [0, 0.05) is 24.3 Å². The van der Waals surface area contributed by atoms with Gasteiger partial charge in [-0.3, -0.25) is 9.69 Å².